The lowest BCUT2D eigenvalue weighted by Gasteiger charge is -2.38. The minimum atomic E-state index is -0.792. The Labute approximate surface area is 158 Å². The van der Waals surface area contributed by atoms with E-state index in [-0.39, 0.29) is 11.9 Å². The van der Waals surface area contributed by atoms with Crippen molar-refractivity contribution >= 4 is 5.97 Å². The molecule has 0 radical (unpaired) electrons. The number of rotatable bonds is 6. The number of benzene rings is 2. The molecule has 1 N–H and O–H groups in total. The van der Waals surface area contributed by atoms with Gasteiger partial charge in [-0.3, -0.25) is 9.69 Å². The third kappa shape index (κ3) is 4.22. The highest BCUT2D eigenvalue weighted by Gasteiger charge is 2.32. The first kappa shape index (κ1) is 19.2. The molecule has 2 unspecified atom stereocenters. The van der Waals surface area contributed by atoms with Gasteiger partial charge in [-0.05, 0) is 49.2 Å². The van der Waals surface area contributed by atoms with Crippen LogP contribution in [0.3, 0.4) is 0 Å². The van der Waals surface area contributed by atoms with Gasteiger partial charge in [0.15, 0.2) is 0 Å². The fourth-order valence-corrected chi connectivity index (χ4v) is 3.75. The van der Waals surface area contributed by atoms with Crippen molar-refractivity contribution in [2.24, 2.45) is 5.92 Å². The van der Waals surface area contributed by atoms with Gasteiger partial charge in [-0.25, -0.2) is 4.39 Å². The largest absolute Gasteiger partial charge is 0.497 e. The van der Waals surface area contributed by atoms with Gasteiger partial charge >= 0.3 is 5.97 Å². The summed E-state index contributed by atoms with van der Waals surface area (Å²) in [5.74, 6) is -0.257. The van der Waals surface area contributed by atoms with Crippen molar-refractivity contribution in [2.75, 3.05) is 27.3 Å². The summed E-state index contributed by atoms with van der Waals surface area (Å²) < 4.78 is 24.8. The van der Waals surface area contributed by atoms with Crippen molar-refractivity contribution in [1.29, 1.82) is 0 Å². The van der Waals surface area contributed by atoms with E-state index >= 15 is 0 Å². The van der Waals surface area contributed by atoms with E-state index in [2.05, 4.69) is 4.90 Å². The molecule has 2 aromatic carbocycles. The van der Waals surface area contributed by atoms with Crippen molar-refractivity contribution in [1.82, 2.24) is 4.90 Å². The highest BCUT2D eigenvalue weighted by molar-refractivity contribution is 5.70. The van der Waals surface area contributed by atoms with Crippen LogP contribution in [-0.2, 0) is 4.79 Å². The van der Waals surface area contributed by atoms with Crippen molar-refractivity contribution in [3.63, 3.8) is 0 Å². The van der Waals surface area contributed by atoms with E-state index in [1.54, 1.807) is 26.4 Å². The molecule has 2 atom stereocenters. The van der Waals surface area contributed by atoms with Crippen LogP contribution in [-0.4, -0.2) is 43.3 Å². The summed E-state index contributed by atoms with van der Waals surface area (Å²) in [6.07, 6.45) is 1.43. The van der Waals surface area contributed by atoms with Gasteiger partial charge in [-0.15, -0.1) is 0 Å². The standard InChI is InChI=1S/C21H24FNO4/c1-26-17-8-9-18(19(12-17)27-2)20(14-5-3-7-16(22)11-14)23-10-4-6-15(13-23)21(24)25/h3,5,7-9,11-12,15,20H,4,6,10,13H2,1-2H3,(H,24,25). The molecule has 0 spiro atoms. The van der Waals surface area contributed by atoms with Crippen molar-refractivity contribution < 1.29 is 23.8 Å². The van der Waals surface area contributed by atoms with Crippen molar-refractivity contribution in [2.45, 2.75) is 18.9 Å². The number of hydrogen-bond acceptors (Lipinski definition) is 4. The zero-order chi connectivity index (χ0) is 19.4. The number of carboxylic acid groups (broad SMARTS) is 1. The van der Waals surface area contributed by atoms with Gasteiger partial charge in [-0.2, -0.15) is 0 Å². The Balaban J connectivity index is 2.07. The number of likely N-dealkylation sites (tertiary alicyclic amines) is 1. The van der Waals surface area contributed by atoms with Gasteiger partial charge in [0.1, 0.15) is 17.3 Å². The minimum Gasteiger partial charge on any atom is -0.497 e. The zero-order valence-electron chi connectivity index (χ0n) is 15.5. The number of hydrogen-bond donors (Lipinski definition) is 1. The van der Waals surface area contributed by atoms with Gasteiger partial charge in [0.05, 0.1) is 26.2 Å². The molecule has 0 bridgehead atoms. The highest BCUT2D eigenvalue weighted by atomic mass is 19.1. The molecule has 5 nitrogen and oxygen atoms in total. The molecule has 1 heterocycles. The maximum absolute atomic E-state index is 14.0. The van der Waals surface area contributed by atoms with Crippen LogP contribution in [0.25, 0.3) is 0 Å². The number of carbonyl (C=O) groups is 1. The van der Waals surface area contributed by atoms with Crippen LogP contribution >= 0.6 is 0 Å². The second-order valence-electron chi connectivity index (χ2n) is 6.74. The zero-order valence-corrected chi connectivity index (χ0v) is 15.5. The average Bonchev–Trinajstić information content (AvgIpc) is 2.68. The highest BCUT2D eigenvalue weighted by Crippen LogP contribution is 2.39. The average molecular weight is 373 g/mol. The fraction of sp³-hybridized carbons (Fsp3) is 0.381. The number of aliphatic carboxylic acids is 1. The van der Waals surface area contributed by atoms with E-state index < -0.39 is 11.9 Å². The molecular weight excluding hydrogens is 349 g/mol. The van der Waals surface area contributed by atoms with Crippen LogP contribution in [0.15, 0.2) is 42.5 Å². The van der Waals surface area contributed by atoms with Crippen LogP contribution in [0, 0.1) is 11.7 Å². The first-order valence-corrected chi connectivity index (χ1v) is 8.97. The molecule has 6 heteroatoms. The van der Waals surface area contributed by atoms with E-state index in [0.29, 0.717) is 24.5 Å². The Morgan fingerprint density at radius 1 is 1.22 bits per heavy atom. The second kappa shape index (κ2) is 8.39. The lowest BCUT2D eigenvalue weighted by atomic mass is 9.91. The molecular formula is C21H24FNO4. The third-order valence-electron chi connectivity index (χ3n) is 5.07. The Morgan fingerprint density at radius 3 is 2.70 bits per heavy atom. The normalized spacial score (nSPS) is 18.7. The number of piperidine rings is 1. The lowest BCUT2D eigenvalue weighted by molar-refractivity contribution is -0.143. The van der Waals surface area contributed by atoms with Gasteiger partial charge < -0.3 is 14.6 Å². The lowest BCUT2D eigenvalue weighted by Crippen LogP contribution is -2.41. The number of carboxylic acids is 1. The van der Waals surface area contributed by atoms with E-state index in [9.17, 15) is 14.3 Å². The molecule has 3 rings (SSSR count). The molecule has 0 aliphatic carbocycles. The summed E-state index contributed by atoms with van der Waals surface area (Å²) in [7, 11) is 3.16. The molecule has 0 amide bonds. The van der Waals surface area contributed by atoms with E-state index in [4.69, 9.17) is 9.47 Å². The first-order valence-electron chi connectivity index (χ1n) is 8.97. The monoisotopic (exact) mass is 373 g/mol. The SMILES string of the molecule is COc1ccc(C(c2cccc(F)c2)N2CCCC(C(=O)O)C2)c(OC)c1. The summed E-state index contributed by atoms with van der Waals surface area (Å²) in [6, 6.07) is 11.7. The van der Waals surface area contributed by atoms with Crippen LogP contribution < -0.4 is 9.47 Å². The Kier molecular flexibility index (Phi) is 5.96. The number of halogens is 1. The Morgan fingerprint density at radius 2 is 2.04 bits per heavy atom. The number of methoxy groups -OCH3 is 2. The maximum atomic E-state index is 14.0. The van der Waals surface area contributed by atoms with Crippen LogP contribution in [0.1, 0.15) is 30.0 Å². The predicted octanol–water partition coefficient (Wildman–Crippen LogP) is 3.73. The maximum Gasteiger partial charge on any atom is 0.307 e. The van der Waals surface area contributed by atoms with Crippen molar-refractivity contribution in [3.8, 4) is 11.5 Å². The smallest absolute Gasteiger partial charge is 0.307 e. The molecule has 1 aliphatic heterocycles. The summed E-state index contributed by atoms with van der Waals surface area (Å²) in [5.41, 5.74) is 1.62. The van der Waals surface area contributed by atoms with Crippen LogP contribution in [0.5, 0.6) is 11.5 Å². The molecule has 144 valence electrons. The molecule has 1 fully saturated rings. The molecule has 0 saturated carbocycles. The van der Waals surface area contributed by atoms with Gasteiger partial charge in [-0.1, -0.05) is 12.1 Å². The topological polar surface area (TPSA) is 59.0 Å². The summed E-state index contributed by atoms with van der Waals surface area (Å²) in [5, 5.41) is 9.46. The van der Waals surface area contributed by atoms with Crippen molar-refractivity contribution in [3.05, 3.63) is 59.4 Å². The van der Waals surface area contributed by atoms with E-state index in [1.807, 2.05) is 18.2 Å². The van der Waals surface area contributed by atoms with Gasteiger partial charge in [0.25, 0.3) is 0 Å². The summed E-state index contributed by atoms with van der Waals surface area (Å²) in [4.78, 5) is 13.6. The van der Waals surface area contributed by atoms with Crippen LogP contribution in [0.4, 0.5) is 4.39 Å². The van der Waals surface area contributed by atoms with Gasteiger partial charge in [0.2, 0.25) is 0 Å². The first-order chi connectivity index (χ1) is 13.0. The number of nitrogens with zero attached hydrogens (tertiary/aromatic N) is 1. The number of ether oxygens (including phenoxy) is 2. The minimum absolute atomic E-state index is 0.302. The molecule has 2 aromatic rings. The third-order valence-corrected chi connectivity index (χ3v) is 5.07. The molecule has 0 aromatic heterocycles. The summed E-state index contributed by atoms with van der Waals surface area (Å²) in [6.45, 7) is 1.14. The van der Waals surface area contributed by atoms with Crippen LogP contribution in [0.2, 0.25) is 0 Å². The quantitative estimate of drug-likeness (QED) is 0.836. The summed E-state index contributed by atoms with van der Waals surface area (Å²) >= 11 is 0. The van der Waals surface area contributed by atoms with Gasteiger partial charge in [0, 0.05) is 18.2 Å². The Bertz CT molecular complexity index is 811. The molecule has 27 heavy (non-hydrogen) atoms. The molecule has 1 saturated heterocycles. The van der Waals surface area contributed by atoms with E-state index in [1.165, 1.54) is 12.1 Å². The predicted molar refractivity (Wildman–Crippen MR) is 99.7 cm³/mol. The fourth-order valence-electron chi connectivity index (χ4n) is 3.75. The van der Waals surface area contributed by atoms with E-state index in [0.717, 1.165) is 24.1 Å². The Hall–Kier alpha value is -2.60. The molecule has 1 aliphatic rings. The second-order valence-corrected chi connectivity index (χ2v) is 6.74.